The van der Waals surface area contributed by atoms with Crippen molar-refractivity contribution in [2.45, 2.75) is 44.1 Å². The summed E-state index contributed by atoms with van der Waals surface area (Å²) >= 11 is 0. The second kappa shape index (κ2) is 7.83. The van der Waals surface area contributed by atoms with E-state index in [0.717, 1.165) is 19.3 Å². The highest BCUT2D eigenvalue weighted by molar-refractivity contribution is 5.79. The average Bonchev–Trinajstić information content (AvgIpc) is 2.67. The predicted octanol–water partition coefficient (Wildman–Crippen LogP) is 3.66. The van der Waals surface area contributed by atoms with E-state index in [0.29, 0.717) is 13.0 Å². The van der Waals surface area contributed by atoms with Gasteiger partial charge in [-0.3, -0.25) is 4.79 Å². The lowest BCUT2D eigenvalue weighted by molar-refractivity contribution is -0.127. The molecule has 25 heavy (non-hydrogen) atoms. The third kappa shape index (κ3) is 4.10. The van der Waals surface area contributed by atoms with Crippen LogP contribution in [0.4, 0.5) is 0 Å². The molecule has 132 valence electrons. The van der Waals surface area contributed by atoms with E-state index in [1.807, 2.05) is 36.4 Å². The van der Waals surface area contributed by atoms with Gasteiger partial charge < -0.3 is 10.4 Å². The van der Waals surface area contributed by atoms with E-state index in [-0.39, 0.29) is 23.3 Å². The van der Waals surface area contributed by atoms with Crippen molar-refractivity contribution >= 4 is 5.91 Å². The first-order valence-electron chi connectivity index (χ1n) is 9.16. The minimum atomic E-state index is -0.334. The summed E-state index contributed by atoms with van der Waals surface area (Å²) < 4.78 is 0. The highest BCUT2D eigenvalue weighted by Gasteiger charge is 2.31. The van der Waals surface area contributed by atoms with Crippen LogP contribution in [0.15, 0.2) is 60.7 Å². The first kappa shape index (κ1) is 17.7. The first-order chi connectivity index (χ1) is 12.1. The molecule has 3 heteroatoms. The maximum atomic E-state index is 12.6. The fraction of sp³-hybridized carbons (Fsp3) is 0.409. The molecule has 0 saturated heterocycles. The average molecular weight is 337 g/mol. The van der Waals surface area contributed by atoms with Gasteiger partial charge in [-0.15, -0.1) is 0 Å². The molecule has 0 unspecified atom stereocenters. The van der Waals surface area contributed by atoms with Crippen LogP contribution in [0, 0.1) is 5.92 Å². The van der Waals surface area contributed by atoms with Gasteiger partial charge in [0.2, 0.25) is 5.91 Å². The summed E-state index contributed by atoms with van der Waals surface area (Å²) in [6.07, 6.45) is 2.86. The van der Waals surface area contributed by atoms with Crippen LogP contribution in [0.5, 0.6) is 0 Å². The second-order valence-electron chi connectivity index (χ2n) is 7.30. The van der Waals surface area contributed by atoms with Crippen molar-refractivity contribution in [3.8, 4) is 0 Å². The lowest BCUT2D eigenvalue weighted by Gasteiger charge is -2.33. The molecule has 3 nitrogen and oxygen atoms in total. The van der Waals surface area contributed by atoms with Gasteiger partial charge >= 0.3 is 0 Å². The Balaban J connectivity index is 1.78. The number of aliphatic hydroxyl groups is 1. The van der Waals surface area contributed by atoms with Gasteiger partial charge in [0.15, 0.2) is 0 Å². The molecule has 2 aromatic rings. The van der Waals surface area contributed by atoms with Crippen molar-refractivity contribution in [3.05, 3.63) is 71.8 Å². The van der Waals surface area contributed by atoms with Gasteiger partial charge in [-0.05, 0) is 37.3 Å². The molecular formula is C22H27NO2. The minimum Gasteiger partial charge on any atom is -0.393 e. The molecule has 2 N–H and O–H groups in total. The molecule has 2 aromatic carbocycles. The molecule has 0 radical (unpaired) electrons. The summed E-state index contributed by atoms with van der Waals surface area (Å²) in [5.74, 6) is -0.00335. The van der Waals surface area contributed by atoms with Crippen LogP contribution in [-0.2, 0) is 10.2 Å². The van der Waals surface area contributed by atoms with Gasteiger partial charge in [-0.1, -0.05) is 67.1 Å². The summed E-state index contributed by atoms with van der Waals surface area (Å²) in [4.78, 5) is 12.6. The van der Waals surface area contributed by atoms with Crippen molar-refractivity contribution in [2.75, 3.05) is 6.54 Å². The molecule has 1 aliphatic carbocycles. The summed E-state index contributed by atoms with van der Waals surface area (Å²) in [7, 11) is 0. The van der Waals surface area contributed by atoms with Crippen molar-refractivity contribution in [1.82, 2.24) is 5.32 Å². The molecule has 1 saturated carbocycles. The number of hydrogen-bond donors (Lipinski definition) is 2. The Morgan fingerprint density at radius 1 is 1.04 bits per heavy atom. The SMILES string of the molecule is CC(CNC(=O)[C@H]1CCC[C@H](O)C1)(c1ccccc1)c1ccccc1. The fourth-order valence-corrected chi connectivity index (χ4v) is 3.79. The Bertz CT molecular complexity index is 644. The summed E-state index contributed by atoms with van der Waals surface area (Å²) in [6, 6.07) is 20.6. The van der Waals surface area contributed by atoms with Crippen LogP contribution in [0.3, 0.4) is 0 Å². The Morgan fingerprint density at radius 3 is 2.12 bits per heavy atom. The number of benzene rings is 2. The monoisotopic (exact) mass is 337 g/mol. The van der Waals surface area contributed by atoms with E-state index in [1.165, 1.54) is 11.1 Å². The normalized spacial score (nSPS) is 20.9. The number of rotatable bonds is 5. The Labute approximate surface area is 150 Å². The number of hydrogen-bond acceptors (Lipinski definition) is 2. The molecular weight excluding hydrogens is 310 g/mol. The van der Waals surface area contributed by atoms with E-state index in [1.54, 1.807) is 0 Å². The fourth-order valence-electron chi connectivity index (χ4n) is 3.79. The molecule has 1 amide bonds. The highest BCUT2D eigenvalue weighted by atomic mass is 16.3. The van der Waals surface area contributed by atoms with E-state index < -0.39 is 0 Å². The van der Waals surface area contributed by atoms with Crippen LogP contribution in [-0.4, -0.2) is 23.7 Å². The minimum absolute atomic E-state index is 0.0665. The summed E-state index contributed by atoms with van der Waals surface area (Å²) in [5, 5.41) is 13.0. The number of carbonyl (C=O) groups excluding carboxylic acids is 1. The lowest BCUT2D eigenvalue weighted by atomic mass is 9.76. The van der Waals surface area contributed by atoms with Crippen molar-refractivity contribution in [2.24, 2.45) is 5.92 Å². The van der Waals surface area contributed by atoms with Gasteiger partial charge in [0.05, 0.1) is 6.10 Å². The standard InChI is InChI=1S/C22H27NO2/c1-22(18-10-4-2-5-11-18,19-12-6-3-7-13-19)16-23-21(25)17-9-8-14-20(24)15-17/h2-7,10-13,17,20,24H,8-9,14-16H2,1H3,(H,23,25)/t17-,20-/m0/s1. The smallest absolute Gasteiger partial charge is 0.223 e. The van der Waals surface area contributed by atoms with Crippen LogP contribution in [0.1, 0.15) is 43.7 Å². The summed E-state index contributed by atoms with van der Waals surface area (Å²) in [5.41, 5.74) is 2.08. The third-order valence-corrected chi connectivity index (χ3v) is 5.46. The van der Waals surface area contributed by atoms with Gasteiger partial charge in [-0.25, -0.2) is 0 Å². The number of carbonyl (C=O) groups is 1. The molecule has 3 rings (SSSR count). The van der Waals surface area contributed by atoms with E-state index in [2.05, 4.69) is 36.5 Å². The first-order valence-corrected chi connectivity index (χ1v) is 9.16. The lowest BCUT2D eigenvalue weighted by Crippen LogP contribution is -2.43. The molecule has 1 fully saturated rings. The molecule has 0 heterocycles. The van der Waals surface area contributed by atoms with Crippen LogP contribution < -0.4 is 5.32 Å². The zero-order chi connectivity index (χ0) is 17.7. The Kier molecular flexibility index (Phi) is 5.54. The van der Waals surface area contributed by atoms with Gasteiger partial charge in [0.25, 0.3) is 0 Å². The van der Waals surface area contributed by atoms with Crippen molar-refractivity contribution < 1.29 is 9.90 Å². The molecule has 0 spiro atoms. The Morgan fingerprint density at radius 2 is 1.60 bits per heavy atom. The predicted molar refractivity (Wildman–Crippen MR) is 100 cm³/mol. The second-order valence-corrected chi connectivity index (χ2v) is 7.30. The largest absolute Gasteiger partial charge is 0.393 e. The van der Waals surface area contributed by atoms with Crippen LogP contribution >= 0.6 is 0 Å². The van der Waals surface area contributed by atoms with E-state index in [4.69, 9.17) is 0 Å². The number of nitrogens with one attached hydrogen (secondary N) is 1. The molecule has 1 aliphatic rings. The van der Waals surface area contributed by atoms with Crippen LogP contribution in [0.2, 0.25) is 0 Å². The molecule has 0 bridgehead atoms. The highest BCUT2D eigenvalue weighted by Crippen LogP contribution is 2.32. The van der Waals surface area contributed by atoms with Crippen LogP contribution in [0.25, 0.3) is 0 Å². The van der Waals surface area contributed by atoms with Gasteiger partial charge in [0, 0.05) is 17.9 Å². The van der Waals surface area contributed by atoms with Crippen molar-refractivity contribution in [3.63, 3.8) is 0 Å². The maximum Gasteiger partial charge on any atom is 0.223 e. The van der Waals surface area contributed by atoms with E-state index >= 15 is 0 Å². The number of aliphatic hydroxyl groups excluding tert-OH is 1. The summed E-state index contributed by atoms with van der Waals surface area (Å²) in [6.45, 7) is 2.72. The van der Waals surface area contributed by atoms with Gasteiger partial charge in [-0.2, -0.15) is 0 Å². The third-order valence-electron chi connectivity index (χ3n) is 5.46. The quantitative estimate of drug-likeness (QED) is 0.875. The maximum absolute atomic E-state index is 12.6. The molecule has 2 atom stereocenters. The zero-order valence-electron chi connectivity index (χ0n) is 14.8. The number of amides is 1. The van der Waals surface area contributed by atoms with Gasteiger partial charge in [0.1, 0.15) is 0 Å². The van der Waals surface area contributed by atoms with Crippen molar-refractivity contribution in [1.29, 1.82) is 0 Å². The Hall–Kier alpha value is -2.13. The molecule has 0 aliphatic heterocycles. The molecule has 0 aromatic heterocycles. The van der Waals surface area contributed by atoms with E-state index in [9.17, 15) is 9.90 Å². The zero-order valence-corrected chi connectivity index (χ0v) is 14.8. The topological polar surface area (TPSA) is 49.3 Å².